The number of nitrogens with zero attached hydrogens (tertiary/aromatic N) is 1. The van der Waals surface area contributed by atoms with Crippen LogP contribution in [0.3, 0.4) is 0 Å². The molecule has 0 radical (unpaired) electrons. The first-order valence-electron chi connectivity index (χ1n) is 6.54. The molecule has 100 valence electrons. The van der Waals surface area contributed by atoms with Crippen molar-refractivity contribution in [2.45, 2.75) is 44.3 Å². The number of hydrogen-bond acceptors (Lipinski definition) is 4. The van der Waals surface area contributed by atoms with Crippen LogP contribution in [0.2, 0.25) is 0 Å². The Kier molecular flexibility index (Phi) is 5.11. The number of carbonyl (C=O) groups is 1. The highest BCUT2D eigenvalue weighted by Gasteiger charge is 2.16. The zero-order chi connectivity index (χ0) is 12.8. The molecular weight excluding hydrogens is 248 g/mol. The minimum Gasteiger partial charge on any atom is -0.361 e. The van der Waals surface area contributed by atoms with Crippen molar-refractivity contribution in [1.82, 2.24) is 10.5 Å². The van der Waals surface area contributed by atoms with Crippen molar-refractivity contribution in [3.05, 3.63) is 17.5 Å². The van der Waals surface area contributed by atoms with E-state index in [1.807, 2.05) is 13.0 Å². The van der Waals surface area contributed by atoms with Crippen molar-refractivity contribution in [2.24, 2.45) is 0 Å². The number of amides is 1. The molecule has 1 heterocycles. The van der Waals surface area contributed by atoms with Crippen molar-refractivity contribution in [3.8, 4) is 0 Å². The highest BCUT2D eigenvalue weighted by molar-refractivity contribution is 8.00. The van der Waals surface area contributed by atoms with Crippen molar-refractivity contribution < 1.29 is 9.32 Å². The monoisotopic (exact) mass is 268 g/mol. The second-order valence-corrected chi connectivity index (χ2v) is 6.04. The maximum absolute atomic E-state index is 11.6. The SMILES string of the molecule is Cc1cc(CCNC(=O)CSC2CCCC2)on1. The fraction of sp³-hybridized carbons (Fsp3) is 0.692. The van der Waals surface area contributed by atoms with Crippen LogP contribution in [0.5, 0.6) is 0 Å². The molecule has 5 heteroatoms. The van der Waals surface area contributed by atoms with Crippen LogP contribution in [0.1, 0.15) is 37.1 Å². The summed E-state index contributed by atoms with van der Waals surface area (Å²) in [5.41, 5.74) is 0.883. The van der Waals surface area contributed by atoms with Crippen LogP contribution in [0.15, 0.2) is 10.6 Å². The molecule has 0 aromatic carbocycles. The Labute approximate surface area is 112 Å². The van der Waals surface area contributed by atoms with Gasteiger partial charge >= 0.3 is 0 Å². The molecule has 1 fully saturated rings. The van der Waals surface area contributed by atoms with Gasteiger partial charge in [0.05, 0.1) is 11.4 Å². The van der Waals surface area contributed by atoms with Crippen LogP contribution >= 0.6 is 11.8 Å². The standard InChI is InChI=1S/C13H20N2O2S/c1-10-8-11(17-15-10)6-7-14-13(16)9-18-12-4-2-3-5-12/h8,12H,2-7,9H2,1H3,(H,14,16). The number of thioether (sulfide) groups is 1. The topological polar surface area (TPSA) is 55.1 Å². The summed E-state index contributed by atoms with van der Waals surface area (Å²) >= 11 is 1.79. The molecule has 1 saturated carbocycles. The van der Waals surface area contributed by atoms with E-state index in [9.17, 15) is 4.79 Å². The average Bonchev–Trinajstić information content (AvgIpc) is 2.98. The van der Waals surface area contributed by atoms with Gasteiger partial charge in [0.2, 0.25) is 5.91 Å². The van der Waals surface area contributed by atoms with Crippen molar-refractivity contribution in [1.29, 1.82) is 0 Å². The van der Waals surface area contributed by atoms with E-state index in [0.29, 0.717) is 24.0 Å². The smallest absolute Gasteiger partial charge is 0.230 e. The Balaban J connectivity index is 1.57. The van der Waals surface area contributed by atoms with Crippen molar-refractivity contribution in [2.75, 3.05) is 12.3 Å². The Bertz CT molecular complexity index is 386. The number of aryl methyl sites for hydroxylation is 1. The summed E-state index contributed by atoms with van der Waals surface area (Å²) in [6, 6.07) is 1.90. The second kappa shape index (κ2) is 6.83. The third kappa shape index (κ3) is 4.37. The molecule has 4 nitrogen and oxygen atoms in total. The fourth-order valence-electron chi connectivity index (χ4n) is 2.16. The first-order chi connectivity index (χ1) is 8.74. The van der Waals surface area contributed by atoms with Gasteiger partial charge in [-0.05, 0) is 19.8 Å². The Hall–Kier alpha value is -0.970. The molecule has 2 rings (SSSR count). The third-order valence-electron chi connectivity index (χ3n) is 3.12. The molecule has 1 aromatic rings. The molecule has 0 bridgehead atoms. The number of rotatable bonds is 6. The lowest BCUT2D eigenvalue weighted by Crippen LogP contribution is -2.27. The summed E-state index contributed by atoms with van der Waals surface area (Å²) in [6.07, 6.45) is 5.90. The van der Waals surface area contributed by atoms with E-state index in [2.05, 4.69) is 10.5 Å². The predicted octanol–water partition coefficient (Wildman–Crippen LogP) is 2.32. The Morgan fingerprint density at radius 3 is 3.00 bits per heavy atom. The molecule has 1 N–H and O–H groups in total. The lowest BCUT2D eigenvalue weighted by atomic mass is 10.3. The van der Waals surface area contributed by atoms with Gasteiger partial charge in [0, 0.05) is 24.3 Å². The highest BCUT2D eigenvalue weighted by Crippen LogP contribution is 2.28. The van der Waals surface area contributed by atoms with E-state index in [-0.39, 0.29) is 5.91 Å². The number of aromatic nitrogens is 1. The summed E-state index contributed by atoms with van der Waals surface area (Å²) in [5.74, 6) is 1.54. The number of carbonyl (C=O) groups excluding carboxylic acids is 1. The van der Waals surface area contributed by atoms with Gasteiger partial charge < -0.3 is 9.84 Å². The van der Waals surface area contributed by atoms with Crippen LogP contribution < -0.4 is 5.32 Å². The summed E-state index contributed by atoms with van der Waals surface area (Å²) in [7, 11) is 0. The molecule has 1 aliphatic carbocycles. The molecular formula is C13H20N2O2S. The van der Waals surface area contributed by atoms with Gasteiger partial charge in [-0.1, -0.05) is 18.0 Å². The molecule has 0 saturated heterocycles. The van der Waals surface area contributed by atoms with Gasteiger partial charge in [0.15, 0.2) is 0 Å². The third-order valence-corrected chi connectivity index (χ3v) is 4.49. The molecule has 1 amide bonds. The van der Waals surface area contributed by atoms with Gasteiger partial charge in [-0.25, -0.2) is 0 Å². The van der Waals surface area contributed by atoms with E-state index in [1.165, 1.54) is 25.7 Å². The first kappa shape index (κ1) is 13.5. The van der Waals surface area contributed by atoms with Crippen LogP contribution in [-0.2, 0) is 11.2 Å². The second-order valence-electron chi connectivity index (χ2n) is 4.75. The summed E-state index contributed by atoms with van der Waals surface area (Å²) in [6.45, 7) is 2.52. The normalized spacial score (nSPS) is 16.1. The zero-order valence-corrected chi connectivity index (χ0v) is 11.6. The molecule has 18 heavy (non-hydrogen) atoms. The van der Waals surface area contributed by atoms with Gasteiger partial charge in [-0.2, -0.15) is 0 Å². The summed E-state index contributed by atoms with van der Waals surface area (Å²) in [5, 5.41) is 7.43. The van der Waals surface area contributed by atoms with Crippen LogP contribution in [0.4, 0.5) is 0 Å². The number of nitrogens with one attached hydrogen (secondary N) is 1. The van der Waals surface area contributed by atoms with Gasteiger partial charge in [0.25, 0.3) is 0 Å². The first-order valence-corrected chi connectivity index (χ1v) is 7.59. The van der Waals surface area contributed by atoms with Crippen molar-refractivity contribution >= 4 is 17.7 Å². The molecule has 0 aliphatic heterocycles. The average molecular weight is 268 g/mol. The minimum absolute atomic E-state index is 0.128. The quantitative estimate of drug-likeness (QED) is 0.860. The number of hydrogen-bond donors (Lipinski definition) is 1. The van der Waals surface area contributed by atoms with Gasteiger partial charge in [0.1, 0.15) is 5.76 Å². The lowest BCUT2D eigenvalue weighted by Gasteiger charge is -2.08. The van der Waals surface area contributed by atoms with E-state index in [4.69, 9.17) is 4.52 Å². The molecule has 0 unspecified atom stereocenters. The van der Waals surface area contributed by atoms with Gasteiger partial charge in [-0.15, -0.1) is 11.8 Å². The summed E-state index contributed by atoms with van der Waals surface area (Å²) < 4.78 is 5.08. The largest absolute Gasteiger partial charge is 0.361 e. The highest BCUT2D eigenvalue weighted by atomic mass is 32.2. The minimum atomic E-state index is 0.128. The molecule has 0 spiro atoms. The van der Waals surface area contributed by atoms with E-state index < -0.39 is 0 Å². The fourth-order valence-corrected chi connectivity index (χ4v) is 3.31. The molecule has 0 atom stereocenters. The summed E-state index contributed by atoms with van der Waals surface area (Å²) in [4.78, 5) is 11.6. The van der Waals surface area contributed by atoms with Crippen LogP contribution in [-0.4, -0.2) is 28.6 Å². The van der Waals surface area contributed by atoms with Gasteiger partial charge in [-0.3, -0.25) is 4.79 Å². The Morgan fingerprint density at radius 1 is 1.56 bits per heavy atom. The molecule has 1 aromatic heterocycles. The van der Waals surface area contributed by atoms with Crippen LogP contribution in [0.25, 0.3) is 0 Å². The Morgan fingerprint density at radius 2 is 2.33 bits per heavy atom. The maximum Gasteiger partial charge on any atom is 0.230 e. The van der Waals surface area contributed by atoms with E-state index in [0.717, 1.165) is 11.5 Å². The van der Waals surface area contributed by atoms with Crippen molar-refractivity contribution in [3.63, 3.8) is 0 Å². The molecule has 1 aliphatic rings. The van der Waals surface area contributed by atoms with E-state index >= 15 is 0 Å². The lowest BCUT2D eigenvalue weighted by molar-refractivity contribution is -0.118. The van der Waals surface area contributed by atoms with Crippen LogP contribution in [0, 0.1) is 6.92 Å². The maximum atomic E-state index is 11.6. The zero-order valence-electron chi connectivity index (χ0n) is 10.8. The predicted molar refractivity (Wildman–Crippen MR) is 72.7 cm³/mol. The van der Waals surface area contributed by atoms with E-state index in [1.54, 1.807) is 11.8 Å².